The summed E-state index contributed by atoms with van der Waals surface area (Å²) < 4.78 is 0. The van der Waals surface area contributed by atoms with Crippen LogP contribution in [-0.4, -0.2) is 0 Å². The van der Waals surface area contributed by atoms with Gasteiger partial charge in [-0.3, -0.25) is 0 Å². The maximum absolute atomic E-state index is 11.9. The van der Waals surface area contributed by atoms with Gasteiger partial charge in [0.25, 0.3) is 0 Å². The topological polar surface area (TPSA) is 23.1 Å². The van der Waals surface area contributed by atoms with Gasteiger partial charge in [-0.1, -0.05) is 42.9 Å². The third kappa shape index (κ3) is 0.910. The lowest BCUT2D eigenvalue weighted by Gasteiger charge is -2.33. The molecule has 1 saturated carbocycles. The molecule has 0 aliphatic heterocycles. The van der Waals surface area contributed by atoms with E-state index in [4.69, 9.17) is 0 Å². The van der Waals surface area contributed by atoms with Crippen molar-refractivity contribution in [1.29, 1.82) is 0 Å². The van der Waals surface area contributed by atoms with Gasteiger partial charge in [-0.25, -0.2) is 0 Å². The molecule has 68 valence electrons. The highest BCUT2D eigenvalue weighted by molar-refractivity contribution is 5.37. The SMILES string of the molecule is C[C@@H]1c2ccccc2[C@@H]([O-])[C@H]2C[C@H]21. The first-order valence-electron chi connectivity index (χ1n) is 5.03. The molecule has 2 aliphatic rings. The Morgan fingerprint density at radius 3 is 2.62 bits per heavy atom. The summed E-state index contributed by atoms with van der Waals surface area (Å²) in [6, 6.07) is 8.17. The van der Waals surface area contributed by atoms with Crippen molar-refractivity contribution in [2.45, 2.75) is 25.4 Å². The van der Waals surface area contributed by atoms with E-state index in [-0.39, 0.29) is 0 Å². The number of rotatable bonds is 0. The molecule has 0 radical (unpaired) electrons. The third-order valence-corrected chi connectivity index (χ3v) is 3.72. The molecular formula is C12H13O-. The van der Waals surface area contributed by atoms with E-state index in [9.17, 15) is 5.11 Å². The fraction of sp³-hybridized carbons (Fsp3) is 0.500. The number of benzene rings is 1. The Labute approximate surface area is 78.4 Å². The maximum Gasteiger partial charge on any atom is -0.0157 e. The maximum atomic E-state index is 11.9. The Morgan fingerprint density at radius 1 is 1.15 bits per heavy atom. The molecule has 1 aromatic carbocycles. The molecule has 0 saturated heterocycles. The third-order valence-electron chi connectivity index (χ3n) is 3.72. The normalized spacial score (nSPS) is 40.8. The van der Waals surface area contributed by atoms with E-state index in [0.29, 0.717) is 17.8 Å². The highest BCUT2D eigenvalue weighted by Gasteiger charge is 2.46. The predicted molar refractivity (Wildman–Crippen MR) is 49.2 cm³/mol. The van der Waals surface area contributed by atoms with E-state index >= 15 is 0 Å². The fourth-order valence-corrected chi connectivity index (χ4v) is 2.80. The molecule has 3 rings (SSSR count). The number of hydrogen-bond acceptors (Lipinski definition) is 1. The molecule has 0 aromatic heterocycles. The second-order valence-corrected chi connectivity index (χ2v) is 4.40. The van der Waals surface area contributed by atoms with Crippen LogP contribution in [0.1, 0.15) is 36.5 Å². The Morgan fingerprint density at radius 2 is 1.85 bits per heavy atom. The summed E-state index contributed by atoms with van der Waals surface area (Å²) in [6.45, 7) is 2.26. The van der Waals surface area contributed by atoms with Crippen LogP contribution in [0.3, 0.4) is 0 Å². The molecule has 0 amide bonds. The van der Waals surface area contributed by atoms with E-state index in [0.717, 1.165) is 12.0 Å². The van der Waals surface area contributed by atoms with Crippen molar-refractivity contribution in [1.82, 2.24) is 0 Å². The molecule has 4 atom stereocenters. The standard InChI is InChI=1S/C12H13O/c1-7-8-4-2-3-5-9(8)12(13)11-6-10(7)11/h2-5,7,10-12H,6H2,1H3/q-1/t7-,10+,11+,12-/m1/s1. The molecule has 0 bridgehead atoms. The molecule has 0 heterocycles. The van der Waals surface area contributed by atoms with Gasteiger partial charge >= 0.3 is 0 Å². The van der Waals surface area contributed by atoms with Gasteiger partial charge in [0, 0.05) is 0 Å². The smallest absolute Gasteiger partial charge is 0.0157 e. The minimum Gasteiger partial charge on any atom is -0.848 e. The summed E-state index contributed by atoms with van der Waals surface area (Å²) >= 11 is 0. The van der Waals surface area contributed by atoms with Crippen LogP contribution in [0.5, 0.6) is 0 Å². The minimum absolute atomic E-state index is 0.433. The molecule has 13 heavy (non-hydrogen) atoms. The largest absolute Gasteiger partial charge is 0.848 e. The Hall–Kier alpha value is -0.820. The second-order valence-electron chi connectivity index (χ2n) is 4.40. The molecule has 0 unspecified atom stereocenters. The quantitative estimate of drug-likeness (QED) is 0.587. The monoisotopic (exact) mass is 173 g/mol. The second kappa shape index (κ2) is 2.36. The van der Waals surface area contributed by atoms with E-state index in [1.54, 1.807) is 0 Å². The summed E-state index contributed by atoms with van der Waals surface area (Å²) in [4.78, 5) is 0. The van der Waals surface area contributed by atoms with Gasteiger partial charge in [0.2, 0.25) is 0 Å². The lowest BCUT2D eigenvalue weighted by atomic mass is 9.82. The molecule has 1 heteroatoms. The van der Waals surface area contributed by atoms with Gasteiger partial charge < -0.3 is 5.11 Å². The van der Waals surface area contributed by atoms with Gasteiger partial charge in [-0.05, 0) is 29.7 Å². The van der Waals surface area contributed by atoms with Crippen LogP contribution in [0, 0.1) is 11.8 Å². The first-order chi connectivity index (χ1) is 6.29. The summed E-state index contributed by atoms with van der Waals surface area (Å²) in [7, 11) is 0. The van der Waals surface area contributed by atoms with Gasteiger partial charge in [0.15, 0.2) is 0 Å². The first-order valence-corrected chi connectivity index (χ1v) is 5.03. The number of fused-ring (bicyclic) bond motifs is 2. The van der Waals surface area contributed by atoms with Crippen LogP contribution in [-0.2, 0) is 0 Å². The van der Waals surface area contributed by atoms with Crippen molar-refractivity contribution in [2.75, 3.05) is 0 Å². The molecular weight excluding hydrogens is 160 g/mol. The van der Waals surface area contributed by atoms with Gasteiger partial charge in [-0.2, -0.15) is 0 Å². The first kappa shape index (κ1) is 7.57. The molecule has 0 spiro atoms. The Bertz CT molecular complexity index is 312. The van der Waals surface area contributed by atoms with E-state index < -0.39 is 6.10 Å². The van der Waals surface area contributed by atoms with Crippen molar-refractivity contribution in [3.05, 3.63) is 35.4 Å². The van der Waals surface area contributed by atoms with Crippen molar-refractivity contribution in [3.8, 4) is 0 Å². The van der Waals surface area contributed by atoms with Crippen LogP contribution in [0.25, 0.3) is 0 Å². The Kier molecular flexibility index (Phi) is 1.37. The molecule has 1 aromatic rings. The van der Waals surface area contributed by atoms with Gasteiger partial charge in [-0.15, -0.1) is 0 Å². The van der Waals surface area contributed by atoms with E-state index in [2.05, 4.69) is 13.0 Å². The number of hydrogen-bond donors (Lipinski definition) is 0. The highest BCUT2D eigenvalue weighted by Crippen LogP contribution is 2.58. The zero-order chi connectivity index (χ0) is 9.00. The lowest BCUT2D eigenvalue weighted by Crippen LogP contribution is -2.25. The zero-order valence-electron chi connectivity index (χ0n) is 7.73. The average Bonchev–Trinajstić information content (AvgIpc) is 2.94. The van der Waals surface area contributed by atoms with Crippen LogP contribution >= 0.6 is 0 Å². The predicted octanol–water partition coefficient (Wildman–Crippen LogP) is 1.84. The summed E-state index contributed by atoms with van der Waals surface area (Å²) in [5.41, 5.74) is 2.37. The summed E-state index contributed by atoms with van der Waals surface area (Å²) in [5, 5.41) is 11.9. The highest BCUT2D eigenvalue weighted by atomic mass is 16.3. The van der Waals surface area contributed by atoms with Crippen molar-refractivity contribution >= 4 is 0 Å². The van der Waals surface area contributed by atoms with Crippen LogP contribution in [0.15, 0.2) is 24.3 Å². The van der Waals surface area contributed by atoms with E-state index in [1.807, 2.05) is 18.2 Å². The fourth-order valence-electron chi connectivity index (χ4n) is 2.80. The van der Waals surface area contributed by atoms with Gasteiger partial charge in [0.1, 0.15) is 0 Å². The average molecular weight is 173 g/mol. The van der Waals surface area contributed by atoms with Crippen molar-refractivity contribution in [3.63, 3.8) is 0 Å². The zero-order valence-corrected chi connectivity index (χ0v) is 7.73. The van der Waals surface area contributed by atoms with Crippen molar-refractivity contribution in [2.24, 2.45) is 11.8 Å². The Balaban J connectivity index is 2.15. The minimum atomic E-state index is -0.433. The van der Waals surface area contributed by atoms with Gasteiger partial charge in [0.05, 0.1) is 0 Å². The molecule has 2 aliphatic carbocycles. The molecule has 1 nitrogen and oxygen atoms in total. The summed E-state index contributed by atoms with van der Waals surface area (Å²) in [6.07, 6.45) is 0.724. The van der Waals surface area contributed by atoms with Crippen LogP contribution in [0.2, 0.25) is 0 Å². The van der Waals surface area contributed by atoms with Crippen molar-refractivity contribution < 1.29 is 5.11 Å². The lowest BCUT2D eigenvalue weighted by molar-refractivity contribution is -0.435. The summed E-state index contributed by atoms with van der Waals surface area (Å²) in [5.74, 6) is 1.76. The van der Waals surface area contributed by atoms with Crippen LogP contribution < -0.4 is 5.11 Å². The molecule has 1 fully saturated rings. The van der Waals surface area contributed by atoms with E-state index in [1.165, 1.54) is 5.56 Å². The van der Waals surface area contributed by atoms with Crippen LogP contribution in [0.4, 0.5) is 0 Å². The molecule has 0 N–H and O–H groups in total.